The fourth-order valence-electron chi connectivity index (χ4n) is 2.68. The van der Waals surface area contributed by atoms with Gasteiger partial charge in [0, 0.05) is 43.9 Å². The molecule has 1 amide bonds. The minimum atomic E-state index is -0.0607. The molecule has 2 heterocycles. The molecule has 2 aromatic rings. The predicted molar refractivity (Wildman–Crippen MR) is 88.0 cm³/mol. The maximum absolute atomic E-state index is 12.5. The molecule has 0 bridgehead atoms. The number of carbonyl (C=O) groups excluding carboxylic acids is 1. The summed E-state index contributed by atoms with van der Waals surface area (Å²) in [7, 11) is 0. The first-order valence-corrected chi connectivity index (χ1v) is 7.99. The molecule has 1 aliphatic heterocycles. The highest BCUT2D eigenvalue weighted by Gasteiger charge is 2.23. The lowest BCUT2D eigenvalue weighted by molar-refractivity contribution is 0.0609. The summed E-state index contributed by atoms with van der Waals surface area (Å²) >= 11 is 5.99. The smallest absolute Gasteiger partial charge is 0.274 e. The molecule has 1 aromatic carbocycles. The highest BCUT2D eigenvalue weighted by Crippen LogP contribution is 2.15. The summed E-state index contributed by atoms with van der Waals surface area (Å²) in [5.41, 5.74) is 1.25. The Kier molecular flexibility index (Phi) is 4.95. The van der Waals surface area contributed by atoms with E-state index in [0.29, 0.717) is 30.4 Å². The van der Waals surface area contributed by atoms with E-state index in [0.717, 1.165) is 18.8 Å². The SMILES string of the molecule is O=C(c1ccn(-c2cccc(Cl)c2)n1)N1CCN(CCO)CC1. The van der Waals surface area contributed by atoms with Gasteiger partial charge in [0.15, 0.2) is 5.69 Å². The van der Waals surface area contributed by atoms with Crippen LogP contribution in [0.2, 0.25) is 5.02 Å². The third-order valence-corrected chi connectivity index (χ3v) is 4.19. The number of rotatable bonds is 4. The van der Waals surface area contributed by atoms with Crippen LogP contribution < -0.4 is 0 Å². The van der Waals surface area contributed by atoms with Gasteiger partial charge in [-0.1, -0.05) is 17.7 Å². The fourth-order valence-corrected chi connectivity index (χ4v) is 2.86. The average molecular weight is 335 g/mol. The van der Waals surface area contributed by atoms with Crippen LogP contribution in [0.15, 0.2) is 36.5 Å². The molecule has 0 aliphatic carbocycles. The molecule has 0 atom stereocenters. The lowest BCUT2D eigenvalue weighted by Gasteiger charge is -2.33. The third-order valence-electron chi connectivity index (χ3n) is 3.96. The van der Waals surface area contributed by atoms with Crippen molar-refractivity contribution >= 4 is 17.5 Å². The van der Waals surface area contributed by atoms with Crippen molar-refractivity contribution in [2.75, 3.05) is 39.3 Å². The summed E-state index contributed by atoms with van der Waals surface area (Å²) in [6.45, 7) is 3.68. The van der Waals surface area contributed by atoms with Gasteiger partial charge in [-0.3, -0.25) is 9.69 Å². The number of aromatic nitrogens is 2. The lowest BCUT2D eigenvalue weighted by atomic mass is 10.3. The van der Waals surface area contributed by atoms with Crippen LogP contribution in [0.25, 0.3) is 5.69 Å². The molecule has 122 valence electrons. The topological polar surface area (TPSA) is 61.6 Å². The van der Waals surface area contributed by atoms with Crippen LogP contribution in [-0.4, -0.2) is 69.9 Å². The van der Waals surface area contributed by atoms with Crippen molar-refractivity contribution in [3.8, 4) is 5.69 Å². The van der Waals surface area contributed by atoms with E-state index in [1.54, 1.807) is 34.0 Å². The van der Waals surface area contributed by atoms with Crippen LogP contribution >= 0.6 is 11.6 Å². The standard InChI is InChI=1S/C16H19ClN4O2/c17-13-2-1-3-14(12-13)21-5-4-15(18-21)16(23)20-8-6-19(7-9-20)10-11-22/h1-5,12,22H,6-11H2. The second-order valence-electron chi connectivity index (χ2n) is 5.48. The summed E-state index contributed by atoms with van der Waals surface area (Å²) in [4.78, 5) is 16.5. The molecule has 1 N–H and O–H groups in total. The molecule has 1 aromatic heterocycles. The second kappa shape index (κ2) is 7.12. The second-order valence-corrected chi connectivity index (χ2v) is 5.92. The third kappa shape index (κ3) is 3.72. The zero-order chi connectivity index (χ0) is 16.2. The first-order valence-electron chi connectivity index (χ1n) is 7.61. The molecule has 0 saturated carbocycles. The Morgan fingerprint density at radius 2 is 2.00 bits per heavy atom. The van der Waals surface area contributed by atoms with Crippen molar-refractivity contribution in [2.45, 2.75) is 0 Å². The molecule has 1 aliphatic rings. The van der Waals surface area contributed by atoms with Gasteiger partial charge >= 0.3 is 0 Å². The van der Waals surface area contributed by atoms with Gasteiger partial charge in [-0.15, -0.1) is 0 Å². The number of amides is 1. The van der Waals surface area contributed by atoms with Gasteiger partial charge in [-0.2, -0.15) is 5.10 Å². The molecule has 3 rings (SSSR count). The summed E-state index contributed by atoms with van der Waals surface area (Å²) in [6, 6.07) is 9.06. The monoisotopic (exact) mass is 334 g/mol. The van der Waals surface area contributed by atoms with E-state index < -0.39 is 0 Å². The van der Waals surface area contributed by atoms with E-state index in [2.05, 4.69) is 10.00 Å². The Labute approximate surface area is 139 Å². The van der Waals surface area contributed by atoms with Crippen molar-refractivity contribution in [1.29, 1.82) is 0 Å². The van der Waals surface area contributed by atoms with E-state index in [-0.39, 0.29) is 12.5 Å². The minimum absolute atomic E-state index is 0.0607. The van der Waals surface area contributed by atoms with Crippen LogP contribution in [0, 0.1) is 0 Å². The molecule has 0 unspecified atom stereocenters. The number of hydrogen-bond donors (Lipinski definition) is 1. The fraction of sp³-hybridized carbons (Fsp3) is 0.375. The lowest BCUT2D eigenvalue weighted by Crippen LogP contribution is -2.49. The number of β-amino-alcohol motifs (C(OH)–C–C–N with tert-alkyl or cyclic N) is 1. The quantitative estimate of drug-likeness (QED) is 0.915. The summed E-state index contributed by atoms with van der Waals surface area (Å²) in [5.74, 6) is -0.0607. The molecule has 6 nitrogen and oxygen atoms in total. The van der Waals surface area contributed by atoms with Crippen molar-refractivity contribution in [1.82, 2.24) is 19.6 Å². The van der Waals surface area contributed by atoms with Gasteiger partial charge in [-0.05, 0) is 24.3 Å². The maximum Gasteiger partial charge on any atom is 0.274 e. The molecule has 0 spiro atoms. The Bertz CT molecular complexity index is 680. The number of aliphatic hydroxyl groups excluding tert-OH is 1. The molecular formula is C16H19ClN4O2. The van der Waals surface area contributed by atoms with Gasteiger partial charge in [0.05, 0.1) is 12.3 Å². The summed E-state index contributed by atoms with van der Waals surface area (Å²) in [5, 5.41) is 14.0. The van der Waals surface area contributed by atoms with E-state index in [9.17, 15) is 4.79 Å². The number of benzene rings is 1. The average Bonchev–Trinajstić information content (AvgIpc) is 3.05. The Hall–Kier alpha value is -1.89. The van der Waals surface area contributed by atoms with Crippen molar-refractivity contribution < 1.29 is 9.90 Å². The molecule has 1 fully saturated rings. The summed E-state index contributed by atoms with van der Waals surface area (Å²) < 4.78 is 1.65. The normalized spacial score (nSPS) is 15.8. The number of nitrogens with zero attached hydrogens (tertiary/aromatic N) is 4. The number of piperazine rings is 1. The van der Waals surface area contributed by atoms with Gasteiger partial charge in [0.25, 0.3) is 5.91 Å². The van der Waals surface area contributed by atoms with Crippen molar-refractivity contribution in [2.24, 2.45) is 0 Å². The molecular weight excluding hydrogens is 316 g/mol. The van der Waals surface area contributed by atoms with Gasteiger partial charge in [-0.25, -0.2) is 4.68 Å². The van der Waals surface area contributed by atoms with Crippen LogP contribution in [0.3, 0.4) is 0 Å². The number of hydrogen-bond acceptors (Lipinski definition) is 4. The molecule has 0 radical (unpaired) electrons. The Balaban J connectivity index is 1.67. The van der Waals surface area contributed by atoms with Crippen LogP contribution in [0.5, 0.6) is 0 Å². The zero-order valence-corrected chi connectivity index (χ0v) is 13.5. The molecule has 23 heavy (non-hydrogen) atoms. The molecule has 1 saturated heterocycles. The summed E-state index contributed by atoms with van der Waals surface area (Å²) in [6.07, 6.45) is 1.76. The predicted octanol–water partition coefficient (Wildman–Crippen LogP) is 1.28. The van der Waals surface area contributed by atoms with E-state index in [4.69, 9.17) is 16.7 Å². The number of halogens is 1. The first-order chi connectivity index (χ1) is 11.2. The number of carbonyl (C=O) groups is 1. The van der Waals surface area contributed by atoms with Gasteiger partial charge < -0.3 is 10.0 Å². The highest BCUT2D eigenvalue weighted by molar-refractivity contribution is 6.30. The number of aliphatic hydroxyl groups is 1. The van der Waals surface area contributed by atoms with Gasteiger partial charge in [0.1, 0.15) is 0 Å². The van der Waals surface area contributed by atoms with Gasteiger partial charge in [0.2, 0.25) is 0 Å². The van der Waals surface area contributed by atoms with E-state index >= 15 is 0 Å². The minimum Gasteiger partial charge on any atom is -0.395 e. The molecule has 7 heteroatoms. The first kappa shape index (κ1) is 16.0. The van der Waals surface area contributed by atoms with Crippen molar-refractivity contribution in [3.05, 3.63) is 47.2 Å². The van der Waals surface area contributed by atoms with E-state index in [1.807, 2.05) is 12.1 Å². The zero-order valence-electron chi connectivity index (χ0n) is 12.7. The Morgan fingerprint density at radius 3 is 2.70 bits per heavy atom. The van der Waals surface area contributed by atoms with Crippen molar-refractivity contribution in [3.63, 3.8) is 0 Å². The van der Waals surface area contributed by atoms with E-state index in [1.165, 1.54) is 0 Å². The highest BCUT2D eigenvalue weighted by atomic mass is 35.5. The van der Waals surface area contributed by atoms with Crippen LogP contribution in [0.4, 0.5) is 0 Å². The maximum atomic E-state index is 12.5. The Morgan fingerprint density at radius 1 is 1.22 bits per heavy atom. The van der Waals surface area contributed by atoms with Crippen LogP contribution in [0.1, 0.15) is 10.5 Å². The largest absolute Gasteiger partial charge is 0.395 e. The van der Waals surface area contributed by atoms with Crippen LogP contribution in [-0.2, 0) is 0 Å².